The van der Waals surface area contributed by atoms with Gasteiger partial charge >= 0.3 is 0 Å². The molecule has 1 aromatic rings. The summed E-state index contributed by atoms with van der Waals surface area (Å²) >= 11 is 0. The molecule has 2 aliphatic rings. The van der Waals surface area contributed by atoms with E-state index in [1.54, 1.807) is 11.1 Å². The fourth-order valence-corrected chi connectivity index (χ4v) is 3.97. The van der Waals surface area contributed by atoms with Crippen LogP contribution in [-0.4, -0.2) is 31.1 Å². The summed E-state index contributed by atoms with van der Waals surface area (Å²) in [5.74, 6) is 0.727. The van der Waals surface area contributed by atoms with Gasteiger partial charge in [-0.05, 0) is 55.8 Å². The van der Waals surface area contributed by atoms with Crippen molar-refractivity contribution in [2.24, 2.45) is 0 Å². The third-order valence-electron chi connectivity index (χ3n) is 5.31. The van der Waals surface area contributed by atoms with Gasteiger partial charge in [-0.15, -0.1) is 0 Å². The molecule has 3 rings (SSSR count). The molecule has 2 nitrogen and oxygen atoms in total. The summed E-state index contributed by atoms with van der Waals surface area (Å²) in [6, 6.07) is 9.61. The molecule has 1 N–H and O–H groups in total. The number of nitrogens with zero attached hydrogens (tertiary/aromatic N) is 1. The molecule has 2 atom stereocenters. The van der Waals surface area contributed by atoms with Gasteiger partial charge in [0.2, 0.25) is 0 Å². The number of likely N-dealkylation sites (tertiary alicyclic amines) is 1. The lowest BCUT2D eigenvalue weighted by Crippen LogP contribution is -2.35. The summed E-state index contributed by atoms with van der Waals surface area (Å²) in [6.45, 7) is 7.33. The maximum absolute atomic E-state index is 3.82. The first-order valence-electron chi connectivity index (χ1n) is 8.89. The Labute approximate surface area is 129 Å². The molecule has 1 aromatic carbocycles. The van der Waals surface area contributed by atoms with Crippen molar-refractivity contribution in [2.75, 3.05) is 26.2 Å². The standard InChI is InChI=1S/C19H30N2/c1-16-10-11-19(18-9-5-4-8-17(16)18)20-12-15-21-13-6-2-3-7-14-21/h4-5,8-9,16,19-20H,2-3,6-7,10-15H2,1H3. The van der Waals surface area contributed by atoms with E-state index >= 15 is 0 Å². The summed E-state index contributed by atoms with van der Waals surface area (Å²) < 4.78 is 0. The molecule has 0 amide bonds. The molecule has 1 fully saturated rings. The van der Waals surface area contributed by atoms with Gasteiger partial charge in [-0.2, -0.15) is 0 Å². The predicted molar refractivity (Wildman–Crippen MR) is 89.7 cm³/mol. The lowest BCUT2D eigenvalue weighted by molar-refractivity contribution is 0.275. The van der Waals surface area contributed by atoms with Crippen LogP contribution in [0.25, 0.3) is 0 Å². The van der Waals surface area contributed by atoms with Gasteiger partial charge in [-0.3, -0.25) is 0 Å². The number of rotatable bonds is 4. The van der Waals surface area contributed by atoms with Crippen LogP contribution in [0.3, 0.4) is 0 Å². The van der Waals surface area contributed by atoms with Crippen LogP contribution in [0.5, 0.6) is 0 Å². The molecule has 0 spiro atoms. The highest BCUT2D eigenvalue weighted by Crippen LogP contribution is 2.36. The van der Waals surface area contributed by atoms with Crippen LogP contribution in [0.1, 0.15) is 68.5 Å². The zero-order valence-corrected chi connectivity index (χ0v) is 13.5. The Balaban J connectivity index is 1.52. The summed E-state index contributed by atoms with van der Waals surface area (Å²) in [4.78, 5) is 2.65. The zero-order valence-electron chi connectivity index (χ0n) is 13.5. The van der Waals surface area contributed by atoms with Crippen LogP contribution in [0, 0.1) is 0 Å². The minimum Gasteiger partial charge on any atom is -0.309 e. The molecular formula is C19H30N2. The van der Waals surface area contributed by atoms with Crippen molar-refractivity contribution in [1.29, 1.82) is 0 Å². The Morgan fingerprint density at radius 3 is 2.48 bits per heavy atom. The maximum Gasteiger partial charge on any atom is 0.0323 e. The minimum absolute atomic E-state index is 0.573. The topological polar surface area (TPSA) is 15.3 Å². The van der Waals surface area contributed by atoms with Gasteiger partial charge in [-0.25, -0.2) is 0 Å². The number of hydrogen-bond acceptors (Lipinski definition) is 2. The van der Waals surface area contributed by atoms with Crippen molar-refractivity contribution in [3.05, 3.63) is 35.4 Å². The second-order valence-corrected chi connectivity index (χ2v) is 6.87. The molecule has 2 unspecified atom stereocenters. The highest BCUT2D eigenvalue weighted by atomic mass is 15.1. The van der Waals surface area contributed by atoms with Crippen LogP contribution in [0.2, 0.25) is 0 Å². The van der Waals surface area contributed by atoms with Gasteiger partial charge in [0.15, 0.2) is 0 Å². The van der Waals surface area contributed by atoms with Crippen LogP contribution in [0.4, 0.5) is 0 Å². The monoisotopic (exact) mass is 286 g/mol. The molecule has 1 aliphatic heterocycles. The number of benzene rings is 1. The van der Waals surface area contributed by atoms with Crippen LogP contribution in [-0.2, 0) is 0 Å². The van der Waals surface area contributed by atoms with Crippen LogP contribution >= 0.6 is 0 Å². The molecule has 0 radical (unpaired) electrons. The summed E-state index contributed by atoms with van der Waals surface area (Å²) in [6.07, 6.45) is 8.25. The minimum atomic E-state index is 0.573. The summed E-state index contributed by atoms with van der Waals surface area (Å²) in [5.41, 5.74) is 3.11. The third-order valence-corrected chi connectivity index (χ3v) is 5.31. The van der Waals surface area contributed by atoms with Crippen molar-refractivity contribution < 1.29 is 0 Å². The largest absolute Gasteiger partial charge is 0.309 e. The highest BCUT2D eigenvalue weighted by molar-refractivity contribution is 5.34. The molecule has 0 aromatic heterocycles. The second-order valence-electron chi connectivity index (χ2n) is 6.87. The molecule has 1 heterocycles. The number of hydrogen-bond donors (Lipinski definition) is 1. The molecule has 21 heavy (non-hydrogen) atoms. The van der Waals surface area contributed by atoms with Gasteiger partial charge < -0.3 is 10.2 Å². The molecule has 1 saturated heterocycles. The van der Waals surface area contributed by atoms with Gasteiger partial charge in [0, 0.05) is 19.1 Å². The van der Waals surface area contributed by atoms with E-state index in [0.29, 0.717) is 6.04 Å². The van der Waals surface area contributed by atoms with Crippen molar-refractivity contribution in [3.63, 3.8) is 0 Å². The molecule has 0 saturated carbocycles. The van der Waals surface area contributed by atoms with Gasteiger partial charge in [0.1, 0.15) is 0 Å². The molecular weight excluding hydrogens is 256 g/mol. The van der Waals surface area contributed by atoms with Crippen molar-refractivity contribution in [3.8, 4) is 0 Å². The van der Waals surface area contributed by atoms with Crippen molar-refractivity contribution >= 4 is 0 Å². The summed E-state index contributed by atoms with van der Waals surface area (Å²) in [7, 11) is 0. The molecule has 116 valence electrons. The fraction of sp³-hybridized carbons (Fsp3) is 0.684. The van der Waals surface area contributed by atoms with E-state index in [9.17, 15) is 0 Å². The first-order valence-corrected chi connectivity index (χ1v) is 8.89. The van der Waals surface area contributed by atoms with E-state index in [0.717, 1.165) is 12.5 Å². The Bertz CT molecular complexity index is 435. The smallest absolute Gasteiger partial charge is 0.0323 e. The van der Waals surface area contributed by atoms with Gasteiger partial charge in [0.25, 0.3) is 0 Å². The number of fused-ring (bicyclic) bond motifs is 1. The molecule has 1 aliphatic carbocycles. The Morgan fingerprint density at radius 2 is 1.71 bits per heavy atom. The highest BCUT2D eigenvalue weighted by Gasteiger charge is 2.23. The zero-order chi connectivity index (χ0) is 14.5. The van der Waals surface area contributed by atoms with E-state index in [4.69, 9.17) is 0 Å². The number of nitrogens with one attached hydrogen (secondary N) is 1. The fourth-order valence-electron chi connectivity index (χ4n) is 3.97. The SMILES string of the molecule is CC1CCC(NCCN2CCCCCC2)c2ccccc21. The van der Waals surface area contributed by atoms with Crippen molar-refractivity contribution in [1.82, 2.24) is 10.2 Å². The van der Waals surface area contributed by atoms with Gasteiger partial charge in [0.05, 0.1) is 0 Å². The molecule has 2 heteroatoms. The van der Waals surface area contributed by atoms with E-state index in [2.05, 4.69) is 41.4 Å². The lowest BCUT2D eigenvalue weighted by Gasteiger charge is -2.31. The van der Waals surface area contributed by atoms with Crippen molar-refractivity contribution in [2.45, 2.75) is 57.4 Å². The van der Waals surface area contributed by atoms with Crippen LogP contribution < -0.4 is 5.32 Å². The van der Waals surface area contributed by atoms with E-state index in [1.165, 1.54) is 58.2 Å². The van der Waals surface area contributed by atoms with Crippen LogP contribution in [0.15, 0.2) is 24.3 Å². The van der Waals surface area contributed by atoms with E-state index < -0.39 is 0 Å². The Morgan fingerprint density at radius 1 is 1.00 bits per heavy atom. The Kier molecular flexibility index (Phi) is 5.32. The average Bonchev–Trinajstić information content (AvgIpc) is 2.79. The maximum atomic E-state index is 3.82. The predicted octanol–water partition coefficient (Wildman–Crippen LogP) is 4.09. The van der Waals surface area contributed by atoms with E-state index in [-0.39, 0.29) is 0 Å². The Hall–Kier alpha value is -0.860. The molecule has 0 bridgehead atoms. The average molecular weight is 286 g/mol. The first-order chi connectivity index (χ1) is 10.3. The second kappa shape index (κ2) is 7.42. The lowest BCUT2D eigenvalue weighted by atomic mass is 9.81. The third kappa shape index (κ3) is 3.87. The normalized spacial score (nSPS) is 27.1. The van der Waals surface area contributed by atoms with E-state index in [1.807, 2.05) is 0 Å². The van der Waals surface area contributed by atoms with Gasteiger partial charge in [-0.1, -0.05) is 44.0 Å². The first kappa shape index (κ1) is 15.1. The quantitative estimate of drug-likeness (QED) is 0.897. The summed E-state index contributed by atoms with van der Waals surface area (Å²) in [5, 5.41) is 3.82.